The van der Waals surface area contributed by atoms with Crippen molar-refractivity contribution in [3.8, 4) is 0 Å². The molecular formula is C12H15ClN2O4. The Morgan fingerprint density at radius 3 is 2.84 bits per heavy atom. The van der Waals surface area contributed by atoms with Crippen LogP contribution in [0.1, 0.15) is 23.7 Å². The van der Waals surface area contributed by atoms with E-state index in [-0.39, 0.29) is 22.2 Å². The molecule has 0 saturated heterocycles. The molecular weight excluding hydrogens is 272 g/mol. The summed E-state index contributed by atoms with van der Waals surface area (Å²) in [5, 5.41) is 13.3. The van der Waals surface area contributed by atoms with Gasteiger partial charge in [0.25, 0.3) is 11.6 Å². The number of nitrogens with one attached hydrogen (secondary N) is 1. The van der Waals surface area contributed by atoms with Crippen LogP contribution in [0.3, 0.4) is 0 Å². The number of nitrogens with zero attached hydrogens (tertiary/aromatic N) is 1. The maximum Gasteiger partial charge on any atom is 0.270 e. The lowest BCUT2D eigenvalue weighted by Gasteiger charge is -2.06. The van der Waals surface area contributed by atoms with Gasteiger partial charge in [-0.15, -0.1) is 0 Å². The molecule has 19 heavy (non-hydrogen) atoms. The number of ether oxygens (including phenoxy) is 1. The van der Waals surface area contributed by atoms with Crippen molar-refractivity contribution >= 4 is 23.2 Å². The largest absolute Gasteiger partial charge is 0.382 e. The smallest absolute Gasteiger partial charge is 0.270 e. The van der Waals surface area contributed by atoms with Gasteiger partial charge in [-0.3, -0.25) is 14.9 Å². The Kier molecular flexibility index (Phi) is 6.24. The van der Waals surface area contributed by atoms with Crippen LogP contribution in [-0.2, 0) is 4.74 Å². The predicted molar refractivity (Wildman–Crippen MR) is 71.5 cm³/mol. The number of amides is 1. The van der Waals surface area contributed by atoms with Crippen molar-refractivity contribution in [2.24, 2.45) is 0 Å². The molecule has 7 heteroatoms. The SMILES string of the molecule is CCOCCCNC(=O)c1ccc([N+](=O)[O-])cc1Cl. The highest BCUT2D eigenvalue weighted by atomic mass is 35.5. The van der Waals surface area contributed by atoms with Crippen molar-refractivity contribution in [1.29, 1.82) is 0 Å². The summed E-state index contributed by atoms with van der Waals surface area (Å²) < 4.78 is 5.13. The first-order valence-electron chi connectivity index (χ1n) is 5.86. The summed E-state index contributed by atoms with van der Waals surface area (Å²) in [4.78, 5) is 21.8. The lowest BCUT2D eigenvalue weighted by molar-refractivity contribution is -0.384. The maximum absolute atomic E-state index is 11.8. The third-order valence-electron chi connectivity index (χ3n) is 2.36. The second-order valence-corrected chi connectivity index (χ2v) is 4.13. The highest BCUT2D eigenvalue weighted by molar-refractivity contribution is 6.34. The molecule has 0 aliphatic carbocycles. The second-order valence-electron chi connectivity index (χ2n) is 3.73. The molecule has 0 atom stereocenters. The third kappa shape index (κ3) is 4.84. The first kappa shape index (κ1) is 15.4. The zero-order chi connectivity index (χ0) is 14.3. The van der Waals surface area contributed by atoms with Gasteiger partial charge >= 0.3 is 0 Å². The Balaban J connectivity index is 2.55. The van der Waals surface area contributed by atoms with Crippen LogP contribution < -0.4 is 5.32 Å². The summed E-state index contributed by atoms with van der Waals surface area (Å²) in [6.45, 7) is 3.58. The fourth-order valence-electron chi connectivity index (χ4n) is 1.42. The number of carbonyl (C=O) groups excluding carboxylic acids is 1. The molecule has 0 radical (unpaired) electrons. The lowest BCUT2D eigenvalue weighted by atomic mass is 10.2. The Labute approximate surface area is 115 Å². The molecule has 1 N–H and O–H groups in total. The molecule has 1 rings (SSSR count). The molecule has 1 amide bonds. The van der Waals surface area contributed by atoms with Crippen LogP contribution in [0.25, 0.3) is 0 Å². The number of hydrogen-bond donors (Lipinski definition) is 1. The minimum absolute atomic E-state index is 0.0662. The van der Waals surface area contributed by atoms with Gasteiger partial charge < -0.3 is 10.1 Å². The molecule has 0 unspecified atom stereocenters. The second kappa shape index (κ2) is 7.70. The van der Waals surface area contributed by atoms with E-state index >= 15 is 0 Å². The lowest BCUT2D eigenvalue weighted by Crippen LogP contribution is -2.25. The molecule has 1 aromatic rings. The topological polar surface area (TPSA) is 81.5 Å². The molecule has 0 aliphatic heterocycles. The first-order chi connectivity index (χ1) is 9.06. The van der Waals surface area contributed by atoms with Crippen molar-refractivity contribution < 1.29 is 14.5 Å². The minimum Gasteiger partial charge on any atom is -0.382 e. The first-order valence-corrected chi connectivity index (χ1v) is 6.24. The van der Waals surface area contributed by atoms with Gasteiger partial charge in [0.05, 0.1) is 15.5 Å². The van der Waals surface area contributed by atoms with E-state index in [4.69, 9.17) is 16.3 Å². The van der Waals surface area contributed by atoms with Gasteiger partial charge in [-0.2, -0.15) is 0 Å². The number of non-ortho nitro benzene ring substituents is 1. The fourth-order valence-corrected chi connectivity index (χ4v) is 1.68. The Bertz CT molecular complexity index is 465. The van der Waals surface area contributed by atoms with E-state index in [1.54, 1.807) is 0 Å². The van der Waals surface area contributed by atoms with E-state index < -0.39 is 4.92 Å². The summed E-state index contributed by atoms with van der Waals surface area (Å²) in [5.74, 6) is -0.351. The molecule has 104 valence electrons. The van der Waals surface area contributed by atoms with Crippen LogP contribution in [0.4, 0.5) is 5.69 Å². The van der Waals surface area contributed by atoms with Gasteiger partial charge in [0.1, 0.15) is 0 Å². The van der Waals surface area contributed by atoms with Gasteiger partial charge in [-0.1, -0.05) is 11.6 Å². The van der Waals surface area contributed by atoms with Gasteiger partial charge in [0.2, 0.25) is 0 Å². The number of rotatable bonds is 7. The number of benzene rings is 1. The monoisotopic (exact) mass is 286 g/mol. The van der Waals surface area contributed by atoms with Crippen molar-refractivity contribution in [3.63, 3.8) is 0 Å². The van der Waals surface area contributed by atoms with Crippen LogP contribution in [0.15, 0.2) is 18.2 Å². The zero-order valence-corrected chi connectivity index (χ0v) is 11.3. The van der Waals surface area contributed by atoms with Crippen molar-refractivity contribution in [1.82, 2.24) is 5.32 Å². The summed E-state index contributed by atoms with van der Waals surface area (Å²) in [5.41, 5.74) is 0.0848. The highest BCUT2D eigenvalue weighted by Crippen LogP contribution is 2.22. The Hall–Kier alpha value is -1.66. The van der Waals surface area contributed by atoms with Crippen molar-refractivity contribution in [2.75, 3.05) is 19.8 Å². The van der Waals surface area contributed by atoms with Crippen LogP contribution in [0.2, 0.25) is 5.02 Å². The summed E-state index contributed by atoms with van der Waals surface area (Å²) in [7, 11) is 0. The van der Waals surface area contributed by atoms with E-state index in [9.17, 15) is 14.9 Å². The quantitative estimate of drug-likeness (QED) is 0.474. The Morgan fingerprint density at radius 2 is 2.26 bits per heavy atom. The molecule has 0 heterocycles. The van der Waals surface area contributed by atoms with E-state index in [0.29, 0.717) is 26.2 Å². The van der Waals surface area contributed by atoms with Crippen LogP contribution in [0, 0.1) is 10.1 Å². The molecule has 0 bridgehead atoms. The number of halogens is 1. The number of hydrogen-bond acceptors (Lipinski definition) is 4. The highest BCUT2D eigenvalue weighted by Gasteiger charge is 2.14. The summed E-state index contributed by atoms with van der Waals surface area (Å²) in [6, 6.07) is 3.76. The van der Waals surface area contributed by atoms with E-state index in [0.717, 1.165) is 6.07 Å². The van der Waals surface area contributed by atoms with Crippen LogP contribution >= 0.6 is 11.6 Å². The Morgan fingerprint density at radius 1 is 1.53 bits per heavy atom. The normalized spacial score (nSPS) is 10.2. The molecule has 0 fully saturated rings. The maximum atomic E-state index is 11.8. The summed E-state index contributed by atoms with van der Waals surface area (Å²) >= 11 is 5.84. The van der Waals surface area contributed by atoms with Gasteiger partial charge in [0, 0.05) is 31.9 Å². The predicted octanol–water partition coefficient (Wildman–Crippen LogP) is 2.40. The molecule has 0 aliphatic rings. The van der Waals surface area contributed by atoms with Gasteiger partial charge in [-0.05, 0) is 19.4 Å². The third-order valence-corrected chi connectivity index (χ3v) is 2.68. The average Bonchev–Trinajstić information content (AvgIpc) is 2.38. The van der Waals surface area contributed by atoms with E-state index in [2.05, 4.69) is 5.32 Å². The van der Waals surface area contributed by atoms with Crippen LogP contribution in [-0.4, -0.2) is 30.6 Å². The number of nitro benzene ring substituents is 1. The van der Waals surface area contributed by atoms with Gasteiger partial charge in [0.15, 0.2) is 0 Å². The van der Waals surface area contributed by atoms with Gasteiger partial charge in [-0.25, -0.2) is 0 Å². The van der Waals surface area contributed by atoms with E-state index in [1.807, 2.05) is 6.92 Å². The molecule has 0 saturated carbocycles. The van der Waals surface area contributed by atoms with Crippen molar-refractivity contribution in [3.05, 3.63) is 38.9 Å². The fraction of sp³-hybridized carbons (Fsp3) is 0.417. The number of nitro groups is 1. The molecule has 0 aromatic heterocycles. The average molecular weight is 287 g/mol. The zero-order valence-electron chi connectivity index (χ0n) is 10.5. The summed E-state index contributed by atoms with van der Waals surface area (Å²) in [6.07, 6.45) is 0.699. The van der Waals surface area contributed by atoms with Crippen molar-refractivity contribution in [2.45, 2.75) is 13.3 Å². The minimum atomic E-state index is -0.560. The molecule has 0 spiro atoms. The molecule has 6 nitrogen and oxygen atoms in total. The number of carbonyl (C=O) groups is 1. The molecule has 1 aromatic carbocycles. The van der Waals surface area contributed by atoms with Crippen LogP contribution in [0.5, 0.6) is 0 Å². The van der Waals surface area contributed by atoms with E-state index in [1.165, 1.54) is 12.1 Å². The standard InChI is InChI=1S/C12H15ClN2O4/c1-2-19-7-3-6-14-12(16)10-5-4-9(15(17)18)8-11(10)13/h4-5,8H,2-3,6-7H2,1H3,(H,14,16).